The Morgan fingerprint density at radius 3 is 2.59 bits per heavy atom. The average Bonchev–Trinajstić information content (AvgIpc) is 3.39. The van der Waals surface area contributed by atoms with Gasteiger partial charge in [-0.25, -0.2) is 4.68 Å². The predicted octanol–water partition coefficient (Wildman–Crippen LogP) is 8.30. The number of benzene rings is 1. The Labute approximate surface area is 241 Å². The third kappa shape index (κ3) is 5.31. The Bertz CT molecular complexity index is 1470. The number of thiophene rings is 1. The SMILES string of the molecule is CC(C)(C)[C@@H]1CCc2c(sc(NC(=O)c3nn4c(c3Cl)N[C@@H](c3ccc(Br)cc3)C[C@@H]4C(F)(F)F)c2C#N)C1. The molecule has 1 aliphatic heterocycles. The van der Waals surface area contributed by atoms with Crippen LogP contribution in [-0.2, 0) is 12.8 Å². The van der Waals surface area contributed by atoms with Gasteiger partial charge in [-0.15, -0.1) is 11.3 Å². The number of halogens is 5. The van der Waals surface area contributed by atoms with E-state index in [0.717, 1.165) is 38.9 Å². The molecule has 0 fully saturated rings. The quantitative estimate of drug-likeness (QED) is 0.302. The van der Waals surface area contributed by atoms with Crippen molar-refractivity contribution in [2.24, 2.45) is 11.3 Å². The smallest absolute Gasteiger partial charge is 0.362 e. The van der Waals surface area contributed by atoms with Gasteiger partial charge in [0.05, 0.1) is 11.6 Å². The number of amides is 1. The minimum atomic E-state index is -4.61. The van der Waals surface area contributed by atoms with Crippen LogP contribution in [0.4, 0.5) is 24.0 Å². The Morgan fingerprint density at radius 2 is 1.97 bits per heavy atom. The third-order valence-electron chi connectivity index (χ3n) is 7.61. The summed E-state index contributed by atoms with van der Waals surface area (Å²) >= 11 is 11.2. The molecule has 0 bridgehead atoms. The number of nitrogens with zero attached hydrogens (tertiary/aromatic N) is 3. The van der Waals surface area contributed by atoms with Crippen LogP contribution >= 0.6 is 38.9 Å². The van der Waals surface area contributed by atoms with Crippen molar-refractivity contribution in [3.05, 3.63) is 61.0 Å². The number of anilines is 2. The number of rotatable bonds is 3. The van der Waals surface area contributed by atoms with Gasteiger partial charge < -0.3 is 10.6 Å². The molecule has 3 atom stereocenters. The summed E-state index contributed by atoms with van der Waals surface area (Å²) in [5.41, 5.74) is 1.77. The van der Waals surface area contributed by atoms with Crippen LogP contribution in [0.3, 0.4) is 0 Å². The standard InChI is InChI=1S/C27H26BrClF3N5OS/c1-26(2,3)14-6-9-16-17(12-33)25(39-19(16)10-14)35-24(38)22-21(29)23-34-18(13-4-7-15(28)8-5-13)11-20(27(30,31)32)37(23)36-22/h4-5,7-8,14,18,20,34H,6,9-11H2,1-3H3,(H,35,38)/t14-,18-,20-/m1/s1. The van der Waals surface area contributed by atoms with E-state index in [2.05, 4.69) is 58.5 Å². The van der Waals surface area contributed by atoms with Crippen molar-refractivity contribution < 1.29 is 18.0 Å². The number of alkyl halides is 3. The summed E-state index contributed by atoms with van der Waals surface area (Å²) in [6.07, 6.45) is -2.44. The van der Waals surface area contributed by atoms with Gasteiger partial charge in [0, 0.05) is 15.8 Å². The number of carbonyl (C=O) groups is 1. The zero-order chi connectivity index (χ0) is 28.3. The first-order chi connectivity index (χ1) is 18.3. The molecule has 1 amide bonds. The highest BCUT2D eigenvalue weighted by Crippen LogP contribution is 2.47. The molecule has 0 saturated heterocycles. The van der Waals surface area contributed by atoms with Crippen molar-refractivity contribution in [1.82, 2.24) is 9.78 Å². The van der Waals surface area contributed by atoms with Crippen molar-refractivity contribution in [2.45, 2.75) is 64.7 Å². The third-order valence-corrected chi connectivity index (χ3v) is 9.67. The first-order valence-corrected chi connectivity index (χ1v) is 14.5. The van der Waals surface area contributed by atoms with Gasteiger partial charge >= 0.3 is 6.18 Å². The molecule has 39 heavy (non-hydrogen) atoms. The van der Waals surface area contributed by atoms with E-state index < -0.39 is 24.2 Å². The topological polar surface area (TPSA) is 82.7 Å². The van der Waals surface area contributed by atoms with E-state index >= 15 is 0 Å². The van der Waals surface area contributed by atoms with Gasteiger partial charge in [-0.2, -0.15) is 23.5 Å². The van der Waals surface area contributed by atoms with Gasteiger partial charge in [0.15, 0.2) is 11.7 Å². The molecule has 3 aromatic rings. The van der Waals surface area contributed by atoms with E-state index in [1.807, 2.05) is 0 Å². The maximum atomic E-state index is 14.1. The van der Waals surface area contributed by atoms with E-state index in [9.17, 15) is 23.2 Å². The number of hydrogen-bond acceptors (Lipinski definition) is 5. The fraction of sp³-hybridized carbons (Fsp3) is 0.444. The number of nitrogens with one attached hydrogen (secondary N) is 2. The Balaban J connectivity index is 1.46. The van der Waals surface area contributed by atoms with Crippen molar-refractivity contribution in [3.63, 3.8) is 0 Å². The molecular formula is C27H26BrClF3N5OS. The molecule has 5 rings (SSSR count). The van der Waals surface area contributed by atoms with E-state index in [0.29, 0.717) is 22.0 Å². The molecule has 0 saturated carbocycles. The van der Waals surface area contributed by atoms with Crippen LogP contribution in [0.5, 0.6) is 0 Å². The molecule has 2 N–H and O–H groups in total. The Hall–Kier alpha value is -2.55. The van der Waals surface area contributed by atoms with Gasteiger partial charge in [-0.05, 0) is 53.9 Å². The zero-order valence-electron chi connectivity index (χ0n) is 21.4. The van der Waals surface area contributed by atoms with Crippen molar-refractivity contribution in [2.75, 3.05) is 10.6 Å². The summed E-state index contributed by atoms with van der Waals surface area (Å²) in [5.74, 6) is -0.383. The molecule has 12 heteroatoms. The highest BCUT2D eigenvalue weighted by molar-refractivity contribution is 9.10. The summed E-state index contributed by atoms with van der Waals surface area (Å²) < 4.78 is 44.0. The molecule has 3 heterocycles. The highest BCUT2D eigenvalue weighted by atomic mass is 79.9. The number of aromatic nitrogens is 2. The maximum absolute atomic E-state index is 14.1. The minimum Gasteiger partial charge on any atom is -0.362 e. The first kappa shape index (κ1) is 28.0. The zero-order valence-corrected chi connectivity index (χ0v) is 24.6. The number of carbonyl (C=O) groups excluding carboxylic acids is 1. The molecule has 2 aliphatic rings. The van der Waals surface area contributed by atoms with Gasteiger partial charge in [-0.3, -0.25) is 4.79 Å². The molecular weight excluding hydrogens is 615 g/mol. The van der Waals surface area contributed by atoms with Gasteiger partial charge in [-0.1, -0.05) is 60.4 Å². The molecule has 0 radical (unpaired) electrons. The Morgan fingerprint density at radius 1 is 1.28 bits per heavy atom. The largest absolute Gasteiger partial charge is 0.410 e. The van der Waals surface area contributed by atoms with Crippen molar-refractivity contribution in [3.8, 4) is 6.07 Å². The molecule has 2 aromatic heterocycles. The van der Waals surface area contributed by atoms with Crippen LogP contribution in [0.15, 0.2) is 28.7 Å². The van der Waals surface area contributed by atoms with E-state index in [1.165, 1.54) is 11.3 Å². The second-order valence-corrected chi connectivity index (χ2v) is 13.5. The van der Waals surface area contributed by atoms with E-state index in [1.54, 1.807) is 24.3 Å². The Kier molecular flexibility index (Phi) is 7.27. The molecule has 0 unspecified atom stereocenters. The van der Waals surface area contributed by atoms with Crippen LogP contribution in [0.25, 0.3) is 0 Å². The lowest BCUT2D eigenvalue weighted by atomic mass is 9.72. The second kappa shape index (κ2) is 10.1. The lowest BCUT2D eigenvalue weighted by molar-refractivity contribution is -0.173. The number of nitriles is 1. The molecule has 6 nitrogen and oxygen atoms in total. The number of hydrogen-bond donors (Lipinski definition) is 2. The summed E-state index contributed by atoms with van der Waals surface area (Å²) in [4.78, 5) is 14.4. The fourth-order valence-corrected chi connectivity index (χ4v) is 7.14. The van der Waals surface area contributed by atoms with Gasteiger partial charge in [0.2, 0.25) is 0 Å². The summed E-state index contributed by atoms with van der Waals surface area (Å²) in [6, 6.07) is 6.51. The van der Waals surface area contributed by atoms with E-state index in [-0.39, 0.29) is 28.4 Å². The lowest BCUT2D eigenvalue weighted by Gasteiger charge is -2.33. The average molecular weight is 641 g/mol. The maximum Gasteiger partial charge on any atom is 0.410 e. The first-order valence-electron chi connectivity index (χ1n) is 12.5. The van der Waals surface area contributed by atoms with Crippen LogP contribution in [-0.4, -0.2) is 21.9 Å². The van der Waals surface area contributed by atoms with Crippen LogP contribution in [0.2, 0.25) is 5.02 Å². The van der Waals surface area contributed by atoms with Crippen molar-refractivity contribution in [1.29, 1.82) is 5.26 Å². The predicted molar refractivity (Wildman–Crippen MR) is 149 cm³/mol. The summed E-state index contributed by atoms with van der Waals surface area (Å²) in [6.45, 7) is 6.57. The van der Waals surface area contributed by atoms with Crippen LogP contribution in [0.1, 0.15) is 77.8 Å². The van der Waals surface area contributed by atoms with E-state index in [4.69, 9.17) is 11.6 Å². The molecule has 0 spiro atoms. The van der Waals surface area contributed by atoms with Crippen molar-refractivity contribution >= 4 is 55.6 Å². The number of fused-ring (bicyclic) bond motifs is 2. The molecule has 206 valence electrons. The molecule has 1 aliphatic carbocycles. The summed E-state index contributed by atoms with van der Waals surface area (Å²) in [5, 5.41) is 19.8. The van der Waals surface area contributed by atoms with Gasteiger partial charge in [0.1, 0.15) is 21.9 Å². The van der Waals surface area contributed by atoms with Gasteiger partial charge in [0.25, 0.3) is 5.91 Å². The highest BCUT2D eigenvalue weighted by Gasteiger charge is 2.48. The summed E-state index contributed by atoms with van der Waals surface area (Å²) in [7, 11) is 0. The lowest BCUT2D eigenvalue weighted by Crippen LogP contribution is -2.35. The van der Waals surface area contributed by atoms with Crippen LogP contribution in [0, 0.1) is 22.7 Å². The minimum absolute atomic E-state index is 0.0673. The molecule has 1 aromatic carbocycles. The second-order valence-electron chi connectivity index (χ2n) is 11.1. The normalized spacial score (nSPS) is 20.9. The van der Waals surface area contributed by atoms with Crippen LogP contribution < -0.4 is 10.6 Å². The fourth-order valence-electron chi connectivity index (χ4n) is 5.34. The monoisotopic (exact) mass is 639 g/mol.